The molecule has 0 saturated heterocycles. The summed E-state index contributed by atoms with van der Waals surface area (Å²) < 4.78 is 2.01. The molecule has 4 heteroatoms. The molecule has 0 radical (unpaired) electrons. The minimum atomic E-state index is -0.0681. The topological polar surface area (TPSA) is 56.7 Å². The minimum Gasteiger partial charge on any atom is -0.321 e. The quantitative estimate of drug-likeness (QED) is 0.853. The highest BCUT2D eigenvalue weighted by Gasteiger charge is 2.15. The van der Waals surface area contributed by atoms with Crippen molar-refractivity contribution in [2.24, 2.45) is 5.73 Å². The Morgan fingerprint density at radius 1 is 1.25 bits per heavy atom. The maximum atomic E-state index is 6.02. The summed E-state index contributed by atoms with van der Waals surface area (Å²) in [5.41, 5.74) is 7.08. The van der Waals surface area contributed by atoms with Gasteiger partial charge in [-0.2, -0.15) is 0 Å². The first-order valence-electron chi connectivity index (χ1n) is 5.47. The predicted octanol–water partition coefficient (Wildman–Crippen LogP) is 1.99. The van der Waals surface area contributed by atoms with Crippen molar-refractivity contribution in [3.63, 3.8) is 0 Å². The Balaban J connectivity index is 2.52. The predicted molar refractivity (Wildman–Crippen MR) is 63.3 cm³/mol. The summed E-state index contributed by atoms with van der Waals surface area (Å²) in [4.78, 5) is 0. The Bertz CT molecular complexity index is 461. The number of hydrogen-bond acceptors (Lipinski definition) is 3. The monoisotopic (exact) mass is 216 g/mol. The van der Waals surface area contributed by atoms with Crippen molar-refractivity contribution in [1.29, 1.82) is 0 Å². The van der Waals surface area contributed by atoms with Crippen molar-refractivity contribution in [3.8, 4) is 5.69 Å². The van der Waals surface area contributed by atoms with Crippen LogP contribution in [0.2, 0.25) is 0 Å². The van der Waals surface area contributed by atoms with E-state index in [1.165, 1.54) is 0 Å². The summed E-state index contributed by atoms with van der Waals surface area (Å²) in [6, 6.07) is 9.97. The molecule has 0 spiro atoms. The molecule has 84 valence electrons. The van der Waals surface area contributed by atoms with Gasteiger partial charge in [0.2, 0.25) is 0 Å². The third kappa shape index (κ3) is 1.84. The number of nitrogens with two attached hydrogens (primary N) is 1. The van der Waals surface area contributed by atoms with Crippen LogP contribution in [0, 0.1) is 6.92 Å². The fraction of sp³-hybridized carbons (Fsp3) is 0.333. The Hall–Kier alpha value is -1.68. The highest BCUT2D eigenvalue weighted by atomic mass is 15.3. The van der Waals surface area contributed by atoms with Gasteiger partial charge < -0.3 is 5.73 Å². The second-order valence-corrected chi connectivity index (χ2v) is 3.79. The van der Waals surface area contributed by atoms with E-state index < -0.39 is 0 Å². The van der Waals surface area contributed by atoms with Crippen LogP contribution in [-0.4, -0.2) is 14.8 Å². The summed E-state index contributed by atoms with van der Waals surface area (Å²) in [6.45, 7) is 3.98. The summed E-state index contributed by atoms with van der Waals surface area (Å²) in [5, 5.41) is 8.25. The largest absolute Gasteiger partial charge is 0.321 e. The molecule has 0 bridgehead atoms. The Kier molecular flexibility index (Phi) is 3.01. The highest BCUT2D eigenvalue weighted by molar-refractivity contribution is 5.34. The second-order valence-electron chi connectivity index (χ2n) is 3.79. The lowest BCUT2D eigenvalue weighted by atomic mass is 10.2. The van der Waals surface area contributed by atoms with Crippen LogP contribution in [0.1, 0.15) is 31.0 Å². The van der Waals surface area contributed by atoms with Gasteiger partial charge in [-0.25, -0.2) is 0 Å². The van der Waals surface area contributed by atoms with Gasteiger partial charge in [0.15, 0.2) is 5.82 Å². The van der Waals surface area contributed by atoms with Gasteiger partial charge >= 0.3 is 0 Å². The van der Waals surface area contributed by atoms with Crippen molar-refractivity contribution in [1.82, 2.24) is 14.8 Å². The minimum absolute atomic E-state index is 0.0681. The standard InChI is InChI=1S/C12H16N4/c1-3-11(13)12-15-14-9(2)16(12)10-7-5-4-6-8-10/h4-8,11H,3,13H2,1-2H3/t11-/m1/s1. The number of aromatic nitrogens is 3. The summed E-state index contributed by atoms with van der Waals surface area (Å²) in [7, 11) is 0. The van der Waals surface area contributed by atoms with Crippen molar-refractivity contribution in [2.75, 3.05) is 0 Å². The Morgan fingerprint density at radius 3 is 2.56 bits per heavy atom. The van der Waals surface area contributed by atoms with Gasteiger partial charge in [-0.1, -0.05) is 25.1 Å². The van der Waals surface area contributed by atoms with Crippen LogP contribution in [0.25, 0.3) is 5.69 Å². The summed E-state index contributed by atoms with van der Waals surface area (Å²) in [5.74, 6) is 1.69. The van der Waals surface area contributed by atoms with Crippen LogP contribution in [0.3, 0.4) is 0 Å². The molecular formula is C12H16N4. The van der Waals surface area contributed by atoms with Gasteiger partial charge in [0, 0.05) is 5.69 Å². The Labute approximate surface area is 95.1 Å². The molecule has 0 amide bonds. The molecule has 0 saturated carbocycles. The van der Waals surface area contributed by atoms with E-state index in [1.807, 2.05) is 48.7 Å². The van der Waals surface area contributed by atoms with Crippen LogP contribution < -0.4 is 5.73 Å². The van der Waals surface area contributed by atoms with Crippen molar-refractivity contribution in [3.05, 3.63) is 42.0 Å². The summed E-state index contributed by atoms with van der Waals surface area (Å²) >= 11 is 0. The van der Waals surface area contributed by atoms with Crippen molar-refractivity contribution < 1.29 is 0 Å². The zero-order valence-electron chi connectivity index (χ0n) is 9.59. The normalized spacial score (nSPS) is 12.7. The number of rotatable bonds is 3. The van der Waals surface area contributed by atoms with Crippen LogP contribution >= 0.6 is 0 Å². The smallest absolute Gasteiger partial charge is 0.154 e. The molecule has 16 heavy (non-hydrogen) atoms. The molecule has 1 heterocycles. The zero-order chi connectivity index (χ0) is 11.5. The molecule has 1 atom stereocenters. The number of aryl methyl sites for hydroxylation is 1. The SMILES string of the molecule is CC[C@@H](N)c1nnc(C)n1-c1ccccc1. The van der Waals surface area contributed by atoms with E-state index >= 15 is 0 Å². The lowest BCUT2D eigenvalue weighted by Gasteiger charge is -2.12. The van der Waals surface area contributed by atoms with Crippen LogP contribution in [0.5, 0.6) is 0 Å². The molecule has 4 nitrogen and oxygen atoms in total. The van der Waals surface area contributed by atoms with E-state index in [0.717, 1.165) is 23.8 Å². The van der Waals surface area contributed by atoms with E-state index in [4.69, 9.17) is 5.73 Å². The van der Waals surface area contributed by atoms with Gasteiger partial charge in [-0.3, -0.25) is 4.57 Å². The molecule has 0 aliphatic rings. The average Bonchev–Trinajstić information content (AvgIpc) is 2.71. The van der Waals surface area contributed by atoms with E-state index in [9.17, 15) is 0 Å². The van der Waals surface area contributed by atoms with Crippen LogP contribution in [-0.2, 0) is 0 Å². The van der Waals surface area contributed by atoms with Gasteiger partial charge in [-0.15, -0.1) is 10.2 Å². The molecule has 0 aliphatic carbocycles. The van der Waals surface area contributed by atoms with Crippen LogP contribution in [0.15, 0.2) is 30.3 Å². The first-order chi connectivity index (χ1) is 7.74. The van der Waals surface area contributed by atoms with Crippen molar-refractivity contribution >= 4 is 0 Å². The molecule has 2 N–H and O–H groups in total. The van der Waals surface area contributed by atoms with Crippen molar-refractivity contribution in [2.45, 2.75) is 26.3 Å². The van der Waals surface area contributed by atoms with E-state index in [-0.39, 0.29) is 6.04 Å². The number of para-hydroxylation sites is 1. The molecule has 1 aromatic carbocycles. The molecule has 2 rings (SSSR count). The van der Waals surface area contributed by atoms with E-state index in [2.05, 4.69) is 10.2 Å². The van der Waals surface area contributed by atoms with Gasteiger partial charge in [0.25, 0.3) is 0 Å². The molecule has 1 aromatic heterocycles. The third-order valence-corrected chi connectivity index (χ3v) is 2.64. The lowest BCUT2D eigenvalue weighted by Crippen LogP contribution is -2.15. The zero-order valence-corrected chi connectivity index (χ0v) is 9.59. The van der Waals surface area contributed by atoms with Gasteiger partial charge in [0.05, 0.1) is 6.04 Å². The fourth-order valence-corrected chi connectivity index (χ4v) is 1.70. The maximum absolute atomic E-state index is 6.02. The number of hydrogen-bond donors (Lipinski definition) is 1. The maximum Gasteiger partial charge on any atom is 0.154 e. The van der Waals surface area contributed by atoms with Gasteiger partial charge in [0.1, 0.15) is 5.82 Å². The lowest BCUT2D eigenvalue weighted by molar-refractivity contribution is 0.632. The van der Waals surface area contributed by atoms with Crippen LogP contribution in [0.4, 0.5) is 0 Å². The Morgan fingerprint density at radius 2 is 1.94 bits per heavy atom. The summed E-state index contributed by atoms with van der Waals surface area (Å²) in [6.07, 6.45) is 0.852. The van der Waals surface area contributed by atoms with E-state index in [0.29, 0.717) is 0 Å². The molecule has 0 fully saturated rings. The highest BCUT2D eigenvalue weighted by Crippen LogP contribution is 2.18. The molecule has 0 aliphatic heterocycles. The molecule has 0 unspecified atom stereocenters. The second kappa shape index (κ2) is 4.45. The third-order valence-electron chi connectivity index (χ3n) is 2.64. The molecule has 2 aromatic rings. The number of benzene rings is 1. The number of nitrogens with zero attached hydrogens (tertiary/aromatic N) is 3. The van der Waals surface area contributed by atoms with E-state index in [1.54, 1.807) is 0 Å². The average molecular weight is 216 g/mol. The molecular weight excluding hydrogens is 200 g/mol. The first kappa shape index (κ1) is 10.8. The first-order valence-corrected chi connectivity index (χ1v) is 5.47. The van der Waals surface area contributed by atoms with Gasteiger partial charge in [-0.05, 0) is 25.5 Å². The fourth-order valence-electron chi connectivity index (χ4n) is 1.70.